The van der Waals surface area contributed by atoms with Gasteiger partial charge in [0.1, 0.15) is 0 Å². The Morgan fingerprint density at radius 2 is 1.69 bits per heavy atom. The lowest BCUT2D eigenvalue weighted by Gasteiger charge is -2.12. The van der Waals surface area contributed by atoms with Crippen molar-refractivity contribution in [3.63, 3.8) is 0 Å². The van der Waals surface area contributed by atoms with Gasteiger partial charge in [0.15, 0.2) is 0 Å². The lowest BCUT2D eigenvalue weighted by Crippen LogP contribution is -2.18. The van der Waals surface area contributed by atoms with E-state index >= 15 is 0 Å². The third-order valence-electron chi connectivity index (χ3n) is 5.33. The topological polar surface area (TPSA) is 29.9 Å². The second kappa shape index (κ2) is 7.26. The molecule has 3 nitrogen and oxygen atoms in total. The van der Waals surface area contributed by atoms with Crippen molar-refractivity contribution in [3.8, 4) is 11.3 Å². The molecule has 0 amide bonds. The number of benzene rings is 2. The number of fused-ring (bicyclic) bond motifs is 1. The van der Waals surface area contributed by atoms with Crippen LogP contribution in [-0.2, 0) is 19.4 Å². The van der Waals surface area contributed by atoms with E-state index in [4.69, 9.17) is 16.7 Å². The van der Waals surface area contributed by atoms with Gasteiger partial charge in [0.25, 0.3) is 0 Å². The van der Waals surface area contributed by atoms with Gasteiger partial charge in [-0.25, -0.2) is 0 Å². The first-order chi connectivity index (χ1) is 12.6. The molecule has 0 atom stereocenters. The van der Waals surface area contributed by atoms with Crippen molar-refractivity contribution in [3.05, 3.63) is 75.4 Å². The van der Waals surface area contributed by atoms with Crippen molar-refractivity contribution in [1.29, 1.82) is 0 Å². The van der Waals surface area contributed by atoms with Crippen LogP contribution < -0.4 is 5.32 Å². The Bertz CT molecular complexity index is 905. The quantitative estimate of drug-likeness (QED) is 0.737. The Morgan fingerprint density at radius 1 is 1.00 bits per heavy atom. The summed E-state index contributed by atoms with van der Waals surface area (Å²) in [5, 5.41) is 9.34. The van der Waals surface area contributed by atoms with Crippen LogP contribution in [0.4, 0.5) is 0 Å². The number of aromatic nitrogens is 2. The maximum absolute atomic E-state index is 6.08. The molecular formula is C22H24ClN3. The molecule has 1 aliphatic rings. The molecule has 2 aromatic carbocycles. The lowest BCUT2D eigenvalue weighted by atomic mass is 10.0. The highest BCUT2D eigenvalue weighted by molar-refractivity contribution is 6.30. The summed E-state index contributed by atoms with van der Waals surface area (Å²) in [7, 11) is 0. The maximum Gasteiger partial charge on any atom is 0.0958 e. The first-order valence-electron chi connectivity index (χ1n) is 9.24. The molecule has 0 spiro atoms. The molecule has 134 valence electrons. The molecule has 0 unspecified atom stereocenters. The first-order valence-corrected chi connectivity index (χ1v) is 9.61. The summed E-state index contributed by atoms with van der Waals surface area (Å²) in [6.07, 6.45) is 2.03. The second-order valence-corrected chi connectivity index (χ2v) is 7.50. The van der Waals surface area contributed by atoms with Gasteiger partial charge < -0.3 is 5.32 Å². The molecule has 1 aliphatic heterocycles. The highest BCUT2D eigenvalue weighted by Gasteiger charge is 2.21. The van der Waals surface area contributed by atoms with Gasteiger partial charge in [-0.1, -0.05) is 41.9 Å². The van der Waals surface area contributed by atoms with Gasteiger partial charge in [0.2, 0.25) is 0 Å². The summed E-state index contributed by atoms with van der Waals surface area (Å²) in [6, 6.07) is 14.5. The fourth-order valence-electron chi connectivity index (χ4n) is 3.84. The molecule has 4 heteroatoms. The van der Waals surface area contributed by atoms with E-state index in [0.29, 0.717) is 0 Å². The van der Waals surface area contributed by atoms with E-state index in [-0.39, 0.29) is 0 Å². The minimum atomic E-state index is 0.761. The largest absolute Gasteiger partial charge is 0.316 e. The van der Waals surface area contributed by atoms with Crippen molar-refractivity contribution in [2.24, 2.45) is 0 Å². The number of rotatable bonds is 3. The van der Waals surface area contributed by atoms with E-state index < -0.39 is 0 Å². The number of nitrogens with one attached hydrogen (secondary N) is 1. The molecule has 4 rings (SSSR count). The number of aryl methyl sites for hydroxylation is 2. The smallest absolute Gasteiger partial charge is 0.0958 e. The number of nitrogens with zero attached hydrogens (tertiary/aromatic N) is 2. The van der Waals surface area contributed by atoms with E-state index in [1.807, 2.05) is 12.1 Å². The van der Waals surface area contributed by atoms with Gasteiger partial charge in [-0.2, -0.15) is 5.10 Å². The van der Waals surface area contributed by atoms with Crippen molar-refractivity contribution in [2.75, 3.05) is 13.1 Å². The summed E-state index contributed by atoms with van der Waals surface area (Å²) < 4.78 is 2.22. The van der Waals surface area contributed by atoms with Gasteiger partial charge in [0, 0.05) is 34.8 Å². The Morgan fingerprint density at radius 3 is 2.42 bits per heavy atom. The van der Waals surface area contributed by atoms with E-state index in [0.717, 1.165) is 48.8 Å². The van der Waals surface area contributed by atoms with Gasteiger partial charge in [-0.15, -0.1) is 0 Å². The van der Waals surface area contributed by atoms with Gasteiger partial charge in [-0.3, -0.25) is 4.68 Å². The van der Waals surface area contributed by atoms with Gasteiger partial charge in [0.05, 0.1) is 12.2 Å². The maximum atomic E-state index is 6.08. The van der Waals surface area contributed by atoms with Crippen LogP contribution >= 0.6 is 11.6 Å². The van der Waals surface area contributed by atoms with Crippen molar-refractivity contribution >= 4 is 11.6 Å². The summed E-state index contributed by atoms with van der Waals surface area (Å²) in [4.78, 5) is 0. The predicted octanol–water partition coefficient (Wildman–Crippen LogP) is 4.56. The summed E-state index contributed by atoms with van der Waals surface area (Å²) in [5.74, 6) is 0. The fourth-order valence-corrected chi connectivity index (χ4v) is 3.97. The molecule has 26 heavy (non-hydrogen) atoms. The molecule has 0 saturated heterocycles. The van der Waals surface area contributed by atoms with Crippen LogP contribution in [0.5, 0.6) is 0 Å². The highest BCUT2D eigenvalue weighted by atomic mass is 35.5. The third-order valence-corrected chi connectivity index (χ3v) is 5.58. The molecule has 2 heterocycles. The van der Waals surface area contributed by atoms with Gasteiger partial charge in [-0.05, 0) is 55.6 Å². The van der Waals surface area contributed by atoms with Crippen LogP contribution in [-0.4, -0.2) is 22.9 Å². The van der Waals surface area contributed by atoms with Crippen LogP contribution in [0.3, 0.4) is 0 Å². The standard InChI is InChI=1S/C22H24ClN3/c1-15-4-3-5-16(2)20(15)14-26-21-11-13-24-12-10-19(21)22(25-26)17-6-8-18(23)9-7-17/h3-9,24H,10-14H2,1-2H3. The lowest BCUT2D eigenvalue weighted by molar-refractivity contribution is 0.625. The van der Waals surface area contributed by atoms with E-state index in [9.17, 15) is 0 Å². The van der Waals surface area contributed by atoms with E-state index in [1.165, 1.54) is 27.9 Å². The van der Waals surface area contributed by atoms with Gasteiger partial charge >= 0.3 is 0 Å². The molecule has 3 aromatic rings. The van der Waals surface area contributed by atoms with Crippen LogP contribution in [0.15, 0.2) is 42.5 Å². The summed E-state index contributed by atoms with van der Waals surface area (Å²) in [6.45, 7) is 7.21. The predicted molar refractivity (Wildman–Crippen MR) is 108 cm³/mol. The summed E-state index contributed by atoms with van der Waals surface area (Å²) in [5.41, 5.74) is 9.02. The molecule has 0 radical (unpaired) electrons. The van der Waals surface area contributed by atoms with Crippen molar-refractivity contribution in [1.82, 2.24) is 15.1 Å². The minimum absolute atomic E-state index is 0.761. The molecule has 1 aromatic heterocycles. The third kappa shape index (κ3) is 3.29. The monoisotopic (exact) mass is 365 g/mol. The van der Waals surface area contributed by atoms with E-state index in [1.54, 1.807) is 0 Å². The average molecular weight is 366 g/mol. The Kier molecular flexibility index (Phi) is 4.84. The fraction of sp³-hybridized carbons (Fsp3) is 0.318. The zero-order chi connectivity index (χ0) is 18.1. The average Bonchev–Trinajstić information content (AvgIpc) is 2.80. The number of hydrogen-bond donors (Lipinski definition) is 1. The van der Waals surface area contributed by atoms with Crippen LogP contribution in [0.25, 0.3) is 11.3 Å². The Balaban J connectivity index is 1.81. The molecule has 1 N–H and O–H groups in total. The Hall–Kier alpha value is -2.10. The van der Waals surface area contributed by atoms with Crippen LogP contribution in [0.2, 0.25) is 5.02 Å². The van der Waals surface area contributed by atoms with Crippen molar-refractivity contribution < 1.29 is 0 Å². The first kappa shape index (κ1) is 17.3. The highest BCUT2D eigenvalue weighted by Crippen LogP contribution is 2.29. The zero-order valence-electron chi connectivity index (χ0n) is 15.3. The van der Waals surface area contributed by atoms with Crippen LogP contribution in [0.1, 0.15) is 27.9 Å². The summed E-state index contributed by atoms with van der Waals surface area (Å²) >= 11 is 6.08. The number of halogens is 1. The molecule has 0 aliphatic carbocycles. The molecular weight excluding hydrogens is 342 g/mol. The molecule has 0 bridgehead atoms. The Labute approximate surface area is 160 Å². The second-order valence-electron chi connectivity index (χ2n) is 7.06. The SMILES string of the molecule is Cc1cccc(C)c1Cn1nc(-c2ccc(Cl)cc2)c2c1CCNCC2. The molecule has 0 saturated carbocycles. The molecule has 0 fully saturated rings. The zero-order valence-corrected chi connectivity index (χ0v) is 16.1. The van der Waals surface area contributed by atoms with Crippen LogP contribution in [0, 0.1) is 13.8 Å². The normalized spacial score (nSPS) is 14.1. The number of hydrogen-bond acceptors (Lipinski definition) is 2. The minimum Gasteiger partial charge on any atom is -0.316 e. The van der Waals surface area contributed by atoms with Crippen molar-refractivity contribution in [2.45, 2.75) is 33.2 Å². The van der Waals surface area contributed by atoms with E-state index in [2.05, 4.69) is 54.2 Å².